The number of aliphatic carboxylic acids is 1. The third kappa shape index (κ3) is 7.91. The minimum atomic E-state index is -1.14. The number of carbonyl (C=O) groups excluding carboxylic acids is 3. The van der Waals surface area contributed by atoms with Crippen LogP contribution in [0.5, 0.6) is 0 Å². The van der Waals surface area contributed by atoms with Crippen LogP contribution >= 0.6 is 0 Å². The molecule has 0 aliphatic carbocycles. The fraction of sp³-hybridized carbons (Fsp3) is 0.692. The molecule has 0 aliphatic heterocycles. The topological polar surface area (TPSA) is 136 Å². The molecule has 1 atom stereocenters. The van der Waals surface area contributed by atoms with E-state index in [2.05, 4.69) is 5.32 Å². The van der Waals surface area contributed by atoms with Crippen LogP contribution in [-0.2, 0) is 23.9 Å². The maximum Gasteiger partial charge on any atom is 0.303 e. The molecule has 0 saturated carbocycles. The van der Waals surface area contributed by atoms with E-state index in [0.29, 0.717) is 0 Å². The molecular weight excluding hydrogens is 280 g/mol. The Kier molecular flexibility index (Phi) is 7.40. The van der Waals surface area contributed by atoms with Crippen LogP contribution in [0.25, 0.3) is 0 Å². The number of esters is 1. The molecule has 0 bridgehead atoms. The third-order valence-electron chi connectivity index (χ3n) is 2.89. The SMILES string of the molecule is CC(=O)O[C@@H](C(=O)NCCC(N)=O)C(C)(C)CCC(=O)O. The van der Waals surface area contributed by atoms with Gasteiger partial charge in [-0.05, 0) is 6.42 Å². The highest BCUT2D eigenvalue weighted by Crippen LogP contribution is 2.29. The standard InChI is InChI=1S/C13H22N2O6/c1-8(16)21-11(12(20)15-7-5-9(14)17)13(2,3)6-4-10(18)19/h11H,4-7H2,1-3H3,(H2,14,17)(H,15,20)(H,18,19)/t11-/m0/s1. The van der Waals surface area contributed by atoms with Crippen molar-refractivity contribution in [2.45, 2.75) is 46.1 Å². The molecule has 8 nitrogen and oxygen atoms in total. The predicted molar refractivity (Wildman–Crippen MR) is 73.0 cm³/mol. The lowest BCUT2D eigenvalue weighted by atomic mass is 9.81. The van der Waals surface area contributed by atoms with Gasteiger partial charge in [-0.1, -0.05) is 13.8 Å². The van der Waals surface area contributed by atoms with Gasteiger partial charge < -0.3 is 20.9 Å². The van der Waals surface area contributed by atoms with Crippen molar-refractivity contribution < 1.29 is 29.0 Å². The molecule has 120 valence electrons. The molecule has 2 amide bonds. The molecule has 0 heterocycles. The Hall–Kier alpha value is -2.12. The molecule has 0 saturated heterocycles. The van der Waals surface area contributed by atoms with E-state index in [4.69, 9.17) is 15.6 Å². The van der Waals surface area contributed by atoms with Crippen molar-refractivity contribution in [3.8, 4) is 0 Å². The molecule has 0 rings (SSSR count). The van der Waals surface area contributed by atoms with E-state index in [9.17, 15) is 19.2 Å². The Morgan fingerprint density at radius 3 is 2.24 bits per heavy atom. The van der Waals surface area contributed by atoms with Gasteiger partial charge in [0.15, 0.2) is 6.10 Å². The Morgan fingerprint density at radius 2 is 1.81 bits per heavy atom. The minimum absolute atomic E-state index is 0.0287. The van der Waals surface area contributed by atoms with Crippen LogP contribution in [0.4, 0.5) is 0 Å². The highest BCUT2D eigenvalue weighted by atomic mass is 16.5. The second-order valence-corrected chi connectivity index (χ2v) is 5.38. The number of hydrogen-bond acceptors (Lipinski definition) is 5. The summed E-state index contributed by atoms with van der Waals surface area (Å²) in [4.78, 5) is 44.5. The van der Waals surface area contributed by atoms with Crippen LogP contribution in [-0.4, -0.2) is 41.5 Å². The quantitative estimate of drug-likeness (QED) is 0.505. The van der Waals surface area contributed by atoms with E-state index < -0.39 is 35.3 Å². The first-order valence-electron chi connectivity index (χ1n) is 6.51. The lowest BCUT2D eigenvalue weighted by molar-refractivity contribution is -0.162. The molecule has 0 aliphatic rings. The van der Waals surface area contributed by atoms with Crippen molar-refractivity contribution in [2.75, 3.05) is 6.54 Å². The number of carbonyl (C=O) groups is 4. The number of amides is 2. The van der Waals surface area contributed by atoms with E-state index in [1.165, 1.54) is 0 Å². The van der Waals surface area contributed by atoms with Gasteiger partial charge in [-0.3, -0.25) is 19.2 Å². The van der Waals surface area contributed by atoms with Crippen LogP contribution in [0.1, 0.15) is 40.0 Å². The zero-order valence-electron chi connectivity index (χ0n) is 12.5. The van der Waals surface area contributed by atoms with Gasteiger partial charge in [0.2, 0.25) is 5.91 Å². The van der Waals surface area contributed by atoms with Gasteiger partial charge in [0.05, 0.1) is 0 Å². The fourth-order valence-corrected chi connectivity index (χ4v) is 1.70. The number of rotatable bonds is 9. The predicted octanol–water partition coefficient (Wildman–Crippen LogP) is -0.199. The monoisotopic (exact) mass is 302 g/mol. The average Bonchev–Trinajstić information content (AvgIpc) is 2.32. The van der Waals surface area contributed by atoms with Crippen molar-refractivity contribution >= 4 is 23.8 Å². The second-order valence-electron chi connectivity index (χ2n) is 5.38. The normalized spacial score (nSPS) is 12.3. The summed E-state index contributed by atoms with van der Waals surface area (Å²) >= 11 is 0. The minimum Gasteiger partial charge on any atom is -0.481 e. The van der Waals surface area contributed by atoms with Gasteiger partial charge in [0.1, 0.15) is 0 Å². The molecule has 4 N–H and O–H groups in total. The molecular formula is C13H22N2O6. The van der Waals surface area contributed by atoms with Crippen molar-refractivity contribution in [3.05, 3.63) is 0 Å². The molecule has 0 radical (unpaired) electrons. The number of nitrogens with one attached hydrogen (secondary N) is 1. The van der Waals surface area contributed by atoms with Crippen molar-refractivity contribution in [2.24, 2.45) is 11.1 Å². The number of carboxylic acid groups (broad SMARTS) is 1. The molecule has 0 aromatic carbocycles. The Labute approximate surface area is 123 Å². The van der Waals surface area contributed by atoms with Gasteiger partial charge in [-0.25, -0.2) is 0 Å². The van der Waals surface area contributed by atoms with E-state index in [-0.39, 0.29) is 25.8 Å². The highest BCUT2D eigenvalue weighted by Gasteiger charge is 2.38. The summed E-state index contributed by atoms with van der Waals surface area (Å²) < 4.78 is 5.01. The van der Waals surface area contributed by atoms with Crippen molar-refractivity contribution in [1.82, 2.24) is 5.32 Å². The molecule has 8 heteroatoms. The van der Waals surface area contributed by atoms with E-state index in [0.717, 1.165) is 6.92 Å². The van der Waals surface area contributed by atoms with Crippen molar-refractivity contribution in [3.63, 3.8) is 0 Å². The van der Waals surface area contributed by atoms with Crippen LogP contribution in [0.3, 0.4) is 0 Å². The molecule has 0 fully saturated rings. The summed E-state index contributed by atoms with van der Waals surface area (Å²) in [6.45, 7) is 4.46. The van der Waals surface area contributed by atoms with Crippen LogP contribution in [0.2, 0.25) is 0 Å². The van der Waals surface area contributed by atoms with E-state index >= 15 is 0 Å². The van der Waals surface area contributed by atoms with Gasteiger partial charge in [-0.15, -0.1) is 0 Å². The summed E-state index contributed by atoms with van der Waals surface area (Å²) in [5.41, 5.74) is 4.10. The smallest absolute Gasteiger partial charge is 0.303 e. The van der Waals surface area contributed by atoms with Gasteiger partial charge in [-0.2, -0.15) is 0 Å². The Balaban J connectivity index is 4.82. The molecule has 0 aromatic rings. The van der Waals surface area contributed by atoms with Crippen LogP contribution < -0.4 is 11.1 Å². The van der Waals surface area contributed by atoms with Gasteiger partial charge in [0, 0.05) is 31.7 Å². The summed E-state index contributed by atoms with van der Waals surface area (Å²) in [5, 5.41) is 11.2. The van der Waals surface area contributed by atoms with Crippen molar-refractivity contribution in [1.29, 1.82) is 0 Å². The van der Waals surface area contributed by atoms with Crippen LogP contribution in [0, 0.1) is 5.41 Å². The highest BCUT2D eigenvalue weighted by molar-refractivity contribution is 5.84. The molecule has 21 heavy (non-hydrogen) atoms. The lowest BCUT2D eigenvalue weighted by Crippen LogP contribution is -2.47. The van der Waals surface area contributed by atoms with E-state index in [1.807, 2.05) is 0 Å². The molecule has 0 unspecified atom stereocenters. The fourth-order valence-electron chi connectivity index (χ4n) is 1.70. The summed E-state index contributed by atoms with van der Waals surface area (Å²) in [5.74, 6) is -2.79. The third-order valence-corrected chi connectivity index (χ3v) is 2.89. The summed E-state index contributed by atoms with van der Waals surface area (Å²) in [7, 11) is 0. The summed E-state index contributed by atoms with van der Waals surface area (Å²) in [6, 6.07) is 0. The first-order chi connectivity index (χ1) is 9.56. The zero-order chi connectivity index (χ0) is 16.6. The number of carboxylic acids is 1. The lowest BCUT2D eigenvalue weighted by Gasteiger charge is -2.32. The van der Waals surface area contributed by atoms with Gasteiger partial charge >= 0.3 is 11.9 Å². The Bertz CT molecular complexity index is 419. The van der Waals surface area contributed by atoms with E-state index in [1.54, 1.807) is 13.8 Å². The number of hydrogen-bond donors (Lipinski definition) is 3. The maximum atomic E-state index is 12.1. The first kappa shape index (κ1) is 18.9. The number of primary amides is 1. The zero-order valence-corrected chi connectivity index (χ0v) is 12.5. The largest absolute Gasteiger partial charge is 0.481 e. The first-order valence-corrected chi connectivity index (χ1v) is 6.51. The van der Waals surface area contributed by atoms with Crippen LogP contribution in [0.15, 0.2) is 0 Å². The number of ether oxygens (including phenoxy) is 1. The number of nitrogens with two attached hydrogens (primary N) is 1. The molecule has 0 spiro atoms. The second kappa shape index (κ2) is 8.23. The Morgan fingerprint density at radius 1 is 1.24 bits per heavy atom. The average molecular weight is 302 g/mol. The van der Waals surface area contributed by atoms with Gasteiger partial charge in [0.25, 0.3) is 5.91 Å². The molecule has 0 aromatic heterocycles. The summed E-state index contributed by atoms with van der Waals surface area (Å²) in [6.07, 6.45) is -1.17. The maximum absolute atomic E-state index is 12.1.